The predicted octanol–water partition coefficient (Wildman–Crippen LogP) is 2.37. The van der Waals surface area contributed by atoms with Crippen molar-refractivity contribution in [3.63, 3.8) is 0 Å². The molecule has 0 aliphatic carbocycles. The van der Waals surface area contributed by atoms with Gasteiger partial charge in [-0.15, -0.1) is 0 Å². The zero-order valence-corrected chi connectivity index (χ0v) is 14.8. The van der Waals surface area contributed by atoms with Crippen LogP contribution in [0.4, 0.5) is 4.79 Å². The van der Waals surface area contributed by atoms with Gasteiger partial charge in [-0.3, -0.25) is 4.79 Å². The van der Waals surface area contributed by atoms with E-state index in [1.807, 2.05) is 24.3 Å². The van der Waals surface area contributed by atoms with E-state index in [0.717, 1.165) is 22.9 Å². The number of para-hydroxylation sites is 1. The molecule has 0 fully saturated rings. The number of fused-ring (bicyclic) bond motifs is 1. The molecule has 0 radical (unpaired) electrons. The number of carbonyl (C=O) groups excluding carboxylic acids is 1. The zero-order valence-electron chi connectivity index (χ0n) is 14.8. The predicted molar refractivity (Wildman–Crippen MR) is 99.5 cm³/mol. The van der Waals surface area contributed by atoms with E-state index in [1.54, 1.807) is 0 Å². The molecule has 2 aromatic rings. The minimum Gasteiger partial charge on any atom is -0.396 e. The lowest BCUT2D eigenvalue weighted by Gasteiger charge is -2.19. The molecule has 4 N–H and O–H groups in total. The van der Waals surface area contributed by atoms with E-state index in [-0.39, 0.29) is 30.7 Å². The second-order valence-corrected chi connectivity index (χ2v) is 6.78. The summed E-state index contributed by atoms with van der Waals surface area (Å²) in [5.74, 6) is 0.778. The molecule has 2 rings (SSSR count). The molecular weight excluding hydrogens is 318 g/mol. The van der Waals surface area contributed by atoms with Crippen molar-refractivity contribution < 1.29 is 9.90 Å². The Hall–Kier alpha value is -2.34. The molecule has 6 nitrogen and oxygen atoms in total. The molecule has 0 aliphatic rings. The Bertz CT molecular complexity index is 755. The molecule has 6 heteroatoms. The van der Waals surface area contributed by atoms with Gasteiger partial charge >= 0.3 is 6.03 Å². The largest absolute Gasteiger partial charge is 0.396 e. The Morgan fingerprint density at radius 2 is 2.00 bits per heavy atom. The van der Waals surface area contributed by atoms with Crippen molar-refractivity contribution in [1.29, 1.82) is 0 Å². The fourth-order valence-electron chi connectivity index (χ4n) is 3.05. The Balaban J connectivity index is 1.93. The summed E-state index contributed by atoms with van der Waals surface area (Å²) in [6.07, 6.45) is 1.64. The average molecular weight is 345 g/mol. The van der Waals surface area contributed by atoms with Crippen molar-refractivity contribution in [1.82, 2.24) is 15.6 Å². The van der Waals surface area contributed by atoms with E-state index in [9.17, 15) is 9.59 Å². The molecule has 1 heterocycles. The molecule has 0 spiro atoms. The number of urea groups is 1. The number of H-pyrrole nitrogens is 1. The fourth-order valence-corrected chi connectivity index (χ4v) is 3.05. The molecule has 0 bridgehead atoms. The molecular formula is C19H27N3O3. The third kappa shape index (κ3) is 5.90. The van der Waals surface area contributed by atoms with Crippen LogP contribution in [0.15, 0.2) is 35.1 Å². The maximum atomic E-state index is 12.1. The van der Waals surface area contributed by atoms with E-state index in [2.05, 4.69) is 29.5 Å². The SMILES string of the molecule is CC(C)CC(CCO)CNC(=O)NCc1cc(=O)[nH]c2ccccc12. The molecule has 136 valence electrons. The van der Waals surface area contributed by atoms with Crippen LogP contribution in [0, 0.1) is 11.8 Å². The van der Waals surface area contributed by atoms with Crippen molar-refractivity contribution >= 4 is 16.9 Å². The summed E-state index contributed by atoms with van der Waals surface area (Å²) in [5, 5.41) is 15.7. The highest BCUT2D eigenvalue weighted by Gasteiger charge is 2.12. The number of benzene rings is 1. The van der Waals surface area contributed by atoms with Crippen LogP contribution in [0.3, 0.4) is 0 Å². The van der Waals surface area contributed by atoms with Crippen molar-refractivity contribution in [3.05, 3.63) is 46.2 Å². The second kappa shape index (κ2) is 9.22. The number of carbonyl (C=O) groups is 1. The number of rotatable bonds is 8. The van der Waals surface area contributed by atoms with Crippen LogP contribution in [0.1, 0.15) is 32.3 Å². The summed E-state index contributed by atoms with van der Waals surface area (Å²) < 4.78 is 0. The van der Waals surface area contributed by atoms with Crippen LogP contribution in [0.2, 0.25) is 0 Å². The number of aromatic amines is 1. The first kappa shape index (κ1) is 19.0. The normalized spacial score (nSPS) is 12.3. The zero-order chi connectivity index (χ0) is 18.2. The Kier molecular flexibility index (Phi) is 7.01. The molecule has 1 atom stereocenters. The summed E-state index contributed by atoms with van der Waals surface area (Å²) in [4.78, 5) is 26.6. The molecule has 0 saturated heterocycles. The molecule has 25 heavy (non-hydrogen) atoms. The number of hydrogen-bond donors (Lipinski definition) is 4. The molecule has 0 saturated carbocycles. The quantitative estimate of drug-likeness (QED) is 0.592. The monoisotopic (exact) mass is 345 g/mol. The summed E-state index contributed by atoms with van der Waals surface area (Å²) in [6, 6.07) is 8.76. The number of nitrogens with one attached hydrogen (secondary N) is 3. The van der Waals surface area contributed by atoms with E-state index < -0.39 is 0 Å². The van der Waals surface area contributed by atoms with Crippen molar-refractivity contribution in [2.24, 2.45) is 11.8 Å². The molecule has 2 amide bonds. The highest BCUT2D eigenvalue weighted by molar-refractivity contribution is 5.82. The van der Waals surface area contributed by atoms with Gasteiger partial charge in [0.15, 0.2) is 0 Å². The van der Waals surface area contributed by atoms with Crippen LogP contribution < -0.4 is 16.2 Å². The van der Waals surface area contributed by atoms with Crippen LogP contribution in [0.25, 0.3) is 10.9 Å². The van der Waals surface area contributed by atoms with E-state index in [0.29, 0.717) is 18.9 Å². The molecule has 1 unspecified atom stereocenters. The molecule has 0 aliphatic heterocycles. The summed E-state index contributed by atoms with van der Waals surface area (Å²) in [6.45, 7) is 5.19. The highest BCUT2D eigenvalue weighted by Crippen LogP contribution is 2.15. The maximum absolute atomic E-state index is 12.1. The second-order valence-electron chi connectivity index (χ2n) is 6.78. The standard InChI is InChI=1S/C19H27N3O3/c1-13(2)9-14(7-8-23)11-20-19(25)21-12-15-10-18(24)22-17-6-4-3-5-16(15)17/h3-6,10,13-14,23H,7-9,11-12H2,1-2H3,(H,22,24)(H2,20,21,25). The third-order valence-electron chi connectivity index (χ3n) is 4.17. The Morgan fingerprint density at radius 3 is 2.72 bits per heavy atom. The van der Waals surface area contributed by atoms with Crippen molar-refractivity contribution in [2.45, 2.75) is 33.2 Å². The number of pyridine rings is 1. The minimum absolute atomic E-state index is 0.124. The summed E-state index contributed by atoms with van der Waals surface area (Å²) in [7, 11) is 0. The van der Waals surface area contributed by atoms with E-state index in [4.69, 9.17) is 5.11 Å². The van der Waals surface area contributed by atoms with Gasteiger partial charge in [0.25, 0.3) is 0 Å². The first-order valence-electron chi connectivity index (χ1n) is 8.73. The summed E-state index contributed by atoms with van der Waals surface area (Å²) >= 11 is 0. The lowest BCUT2D eigenvalue weighted by atomic mass is 9.94. The third-order valence-corrected chi connectivity index (χ3v) is 4.17. The van der Waals surface area contributed by atoms with Gasteiger partial charge in [-0.2, -0.15) is 0 Å². The van der Waals surface area contributed by atoms with E-state index in [1.165, 1.54) is 6.07 Å². The maximum Gasteiger partial charge on any atom is 0.315 e. The number of aromatic nitrogens is 1. The highest BCUT2D eigenvalue weighted by atomic mass is 16.3. The summed E-state index contributed by atoms with van der Waals surface area (Å²) in [5.41, 5.74) is 1.35. The topological polar surface area (TPSA) is 94.2 Å². The van der Waals surface area contributed by atoms with Gasteiger partial charge in [0.1, 0.15) is 0 Å². The van der Waals surface area contributed by atoms with Crippen LogP contribution in [-0.4, -0.2) is 29.3 Å². The molecule has 1 aromatic heterocycles. The van der Waals surface area contributed by atoms with Gasteiger partial charge in [-0.05, 0) is 36.3 Å². The average Bonchev–Trinajstić information content (AvgIpc) is 2.57. The molecule has 1 aromatic carbocycles. The number of hydrogen-bond acceptors (Lipinski definition) is 3. The number of aliphatic hydroxyl groups excluding tert-OH is 1. The lowest BCUT2D eigenvalue weighted by molar-refractivity contribution is 0.225. The van der Waals surface area contributed by atoms with Gasteiger partial charge < -0.3 is 20.7 Å². The smallest absolute Gasteiger partial charge is 0.315 e. The minimum atomic E-state index is -0.268. The Labute approximate surface area is 147 Å². The van der Waals surface area contributed by atoms with Gasteiger partial charge in [-0.1, -0.05) is 32.0 Å². The number of amides is 2. The van der Waals surface area contributed by atoms with Crippen molar-refractivity contribution in [3.8, 4) is 0 Å². The van der Waals surface area contributed by atoms with Crippen LogP contribution in [0.5, 0.6) is 0 Å². The lowest BCUT2D eigenvalue weighted by Crippen LogP contribution is -2.38. The van der Waals surface area contributed by atoms with E-state index >= 15 is 0 Å². The van der Waals surface area contributed by atoms with Gasteiger partial charge in [-0.25, -0.2) is 4.79 Å². The van der Waals surface area contributed by atoms with Crippen LogP contribution >= 0.6 is 0 Å². The van der Waals surface area contributed by atoms with Gasteiger partial charge in [0, 0.05) is 36.7 Å². The Morgan fingerprint density at radius 1 is 1.24 bits per heavy atom. The number of aliphatic hydroxyl groups is 1. The fraction of sp³-hybridized carbons (Fsp3) is 0.474. The van der Waals surface area contributed by atoms with Gasteiger partial charge in [0.05, 0.1) is 0 Å². The first-order valence-corrected chi connectivity index (χ1v) is 8.73. The van der Waals surface area contributed by atoms with Crippen molar-refractivity contribution in [2.75, 3.05) is 13.2 Å². The van der Waals surface area contributed by atoms with Gasteiger partial charge in [0.2, 0.25) is 5.56 Å². The van der Waals surface area contributed by atoms with Crippen LogP contribution in [-0.2, 0) is 6.54 Å². The first-order chi connectivity index (χ1) is 12.0.